The lowest BCUT2D eigenvalue weighted by Gasteiger charge is -2.37. The van der Waals surface area contributed by atoms with E-state index in [9.17, 15) is 9.18 Å². The lowest BCUT2D eigenvalue weighted by Crippen LogP contribution is -2.50. The second-order valence-corrected chi connectivity index (χ2v) is 9.62. The summed E-state index contributed by atoms with van der Waals surface area (Å²) in [5.41, 5.74) is 8.23. The third-order valence-corrected chi connectivity index (χ3v) is 5.99. The van der Waals surface area contributed by atoms with Gasteiger partial charge in [-0.2, -0.15) is 9.97 Å². The largest absolute Gasteiger partial charge is 0.467 e. The fraction of sp³-hybridized carbons (Fsp3) is 0.542. The van der Waals surface area contributed by atoms with Crippen LogP contribution in [0.1, 0.15) is 38.4 Å². The van der Waals surface area contributed by atoms with E-state index in [4.69, 9.17) is 15.2 Å². The number of hydrogen-bond acceptors (Lipinski definition) is 8. The summed E-state index contributed by atoms with van der Waals surface area (Å²) in [6, 6.07) is 5.01. The zero-order valence-electron chi connectivity index (χ0n) is 20.3. The highest BCUT2D eigenvalue weighted by molar-refractivity contribution is 5.69. The highest BCUT2D eigenvalue weighted by Gasteiger charge is 2.30. The van der Waals surface area contributed by atoms with Gasteiger partial charge in [0.15, 0.2) is 0 Å². The molecule has 34 heavy (non-hydrogen) atoms. The Kier molecular flexibility index (Phi) is 6.67. The topological polar surface area (TPSA) is 97.0 Å². The molecule has 0 spiro atoms. The molecule has 2 aliphatic rings. The maximum atomic E-state index is 14.6. The average Bonchev–Trinajstić information content (AvgIpc) is 2.99. The first kappa shape index (κ1) is 23.8. The molecule has 2 N–H and O–H groups in total. The summed E-state index contributed by atoms with van der Waals surface area (Å²) in [4.78, 5) is 27.6. The molecule has 184 valence electrons. The molecule has 0 bridgehead atoms. The molecular weight excluding hydrogens is 439 g/mol. The predicted molar refractivity (Wildman–Crippen MR) is 129 cm³/mol. The lowest BCUT2D eigenvalue weighted by atomic mass is 10.1. The van der Waals surface area contributed by atoms with E-state index < -0.39 is 5.60 Å². The number of benzene rings is 1. The van der Waals surface area contributed by atoms with Gasteiger partial charge in [-0.1, -0.05) is 6.07 Å². The average molecular weight is 473 g/mol. The van der Waals surface area contributed by atoms with E-state index >= 15 is 0 Å². The van der Waals surface area contributed by atoms with E-state index in [0.29, 0.717) is 50.6 Å². The number of aromatic nitrogens is 2. The van der Waals surface area contributed by atoms with Crippen molar-refractivity contribution in [1.82, 2.24) is 14.9 Å². The van der Waals surface area contributed by atoms with Gasteiger partial charge in [-0.3, -0.25) is 0 Å². The maximum Gasteiger partial charge on any atom is 0.410 e. The smallest absolute Gasteiger partial charge is 0.410 e. The van der Waals surface area contributed by atoms with Crippen LogP contribution in [0.3, 0.4) is 0 Å². The van der Waals surface area contributed by atoms with Crippen LogP contribution in [0.25, 0.3) is 0 Å². The number of para-hydroxylation sites is 1. The van der Waals surface area contributed by atoms with Gasteiger partial charge >= 0.3 is 12.1 Å². The van der Waals surface area contributed by atoms with Crippen molar-refractivity contribution in [1.29, 1.82) is 0 Å². The number of nitrogens with zero attached hydrogens (tertiary/aromatic N) is 5. The molecule has 2 aliphatic heterocycles. The van der Waals surface area contributed by atoms with Crippen molar-refractivity contribution in [2.75, 3.05) is 55.4 Å². The van der Waals surface area contributed by atoms with Gasteiger partial charge in [-0.25, -0.2) is 9.18 Å². The summed E-state index contributed by atoms with van der Waals surface area (Å²) in [6.07, 6.45) is 1.26. The Hall–Kier alpha value is -3.30. The lowest BCUT2D eigenvalue weighted by molar-refractivity contribution is 0.0240. The summed E-state index contributed by atoms with van der Waals surface area (Å²) < 4.78 is 25.5. The number of amides is 1. The van der Waals surface area contributed by atoms with Gasteiger partial charge in [-0.15, -0.1) is 0 Å². The maximum absolute atomic E-state index is 14.6. The number of carbonyl (C=O) groups is 1. The van der Waals surface area contributed by atoms with Crippen molar-refractivity contribution >= 4 is 23.3 Å². The molecular formula is C24H33FN6O3. The van der Waals surface area contributed by atoms with Crippen LogP contribution in [0.15, 0.2) is 18.2 Å². The van der Waals surface area contributed by atoms with Crippen molar-refractivity contribution in [3.05, 3.63) is 35.3 Å². The number of piperazine rings is 1. The quantitative estimate of drug-likeness (QED) is 0.681. The molecule has 0 unspecified atom stereocenters. The van der Waals surface area contributed by atoms with Crippen LogP contribution < -0.4 is 20.3 Å². The summed E-state index contributed by atoms with van der Waals surface area (Å²) in [6.45, 7) is 8.96. The number of carbonyl (C=O) groups excluding carboxylic acids is 1. The number of anilines is 3. The summed E-state index contributed by atoms with van der Waals surface area (Å²) in [5.74, 6) is 0.469. The molecule has 4 rings (SSSR count). The fourth-order valence-corrected chi connectivity index (χ4v) is 4.43. The first-order chi connectivity index (χ1) is 16.2. The molecule has 0 atom stereocenters. The molecule has 1 aromatic heterocycles. The molecule has 10 heteroatoms. The van der Waals surface area contributed by atoms with Gasteiger partial charge in [0.25, 0.3) is 0 Å². The first-order valence-corrected chi connectivity index (χ1v) is 11.6. The van der Waals surface area contributed by atoms with Gasteiger partial charge in [0.2, 0.25) is 0 Å². The molecule has 1 saturated heterocycles. The molecule has 9 nitrogen and oxygen atoms in total. The number of nitrogens with two attached hydrogens (primary N) is 1. The van der Waals surface area contributed by atoms with Crippen molar-refractivity contribution in [2.45, 2.75) is 45.8 Å². The third kappa shape index (κ3) is 5.10. The Morgan fingerprint density at radius 1 is 1.09 bits per heavy atom. The van der Waals surface area contributed by atoms with Crippen molar-refractivity contribution in [3.8, 4) is 6.01 Å². The van der Waals surface area contributed by atoms with E-state index in [-0.39, 0.29) is 17.9 Å². The highest BCUT2D eigenvalue weighted by atomic mass is 19.1. The van der Waals surface area contributed by atoms with E-state index in [2.05, 4.69) is 14.9 Å². The molecule has 1 aromatic carbocycles. The Balaban J connectivity index is 1.58. The third-order valence-electron chi connectivity index (χ3n) is 5.99. The normalized spacial score (nSPS) is 16.7. The van der Waals surface area contributed by atoms with Crippen LogP contribution in [0.4, 0.5) is 26.4 Å². The summed E-state index contributed by atoms with van der Waals surface area (Å²) in [5, 5.41) is 0. The predicted octanol–water partition coefficient (Wildman–Crippen LogP) is 3.22. The number of fused-ring (bicyclic) bond motifs is 1. The zero-order chi connectivity index (χ0) is 24.5. The molecule has 2 aromatic rings. The fourth-order valence-electron chi connectivity index (χ4n) is 4.43. The van der Waals surface area contributed by atoms with E-state index in [1.807, 2.05) is 25.7 Å². The van der Waals surface area contributed by atoms with Gasteiger partial charge in [0, 0.05) is 38.3 Å². The van der Waals surface area contributed by atoms with Crippen LogP contribution in [-0.4, -0.2) is 66.4 Å². The molecule has 1 amide bonds. The number of ether oxygens (including phenoxy) is 2. The van der Waals surface area contributed by atoms with Crippen molar-refractivity contribution in [2.24, 2.45) is 0 Å². The van der Waals surface area contributed by atoms with E-state index in [1.54, 1.807) is 17.0 Å². The summed E-state index contributed by atoms with van der Waals surface area (Å²) in [7, 11) is 1.54. The van der Waals surface area contributed by atoms with Crippen LogP contribution in [0, 0.1) is 5.82 Å². The monoisotopic (exact) mass is 472 g/mol. The molecule has 0 radical (unpaired) electrons. The number of methoxy groups -OCH3 is 1. The Morgan fingerprint density at radius 3 is 2.47 bits per heavy atom. The van der Waals surface area contributed by atoms with Gasteiger partial charge < -0.3 is 29.9 Å². The molecule has 3 heterocycles. The molecule has 1 fully saturated rings. The Labute approximate surface area is 199 Å². The van der Waals surface area contributed by atoms with Crippen LogP contribution in [-0.2, 0) is 17.7 Å². The van der Waals surface area contributed by atoms with E-state index in [0.717, 1.165) is 29.9 Å². The Bertz CT molecular complexity index is 1030. The standard InChI is InChI=1S/C24H33FN6O3/c1-24(2,3)34-23(32)30-13-11-29(12-14-30)21-16-7-6-10-31(15-19(16)27-22(28-21)33-4)20-17(25)8-5-9-18(20)26/h5,8-9H,6-7,10-15,26H2,1-4H3. The highest BCUT2D eigenvalue weighted by Crippen LogP contribution is 2.34. The molecule has 0 saturated carbocycles. The van der Waals surface area contributed by atoms with Crippen LogP contribution >= 0.6 is 0 Å². The van der Waals surface area contributed by atoms with Gasteiger partial charge in [-0.05, 0) is 45.7 Å². The minimum absolute atomic E-state index is 0.270. The minimum atomic E-state index is -0.529. The Morgan fingerprint density at radius 2 is 1.82 bits per heavy atom. The van der Waals surface area contributed by atoms with Crippen LogP contribution in [0.2, 0.25) is 0 Å². The molecule has 0 aliphatic carbocycles. The number of nitrogen functional groups attached to an aromatic ring is 1. The zero-order valence-corrected chi connectivity index (χ0v) is 20.3. The number of hydrogen-bond donors (Lipinski definition) is 1. The second kappa shape index (κ2) is 9.52. The van der Waals surface area contributed by atoms with Crippen molar-refractivity contribution < 1.29 is 18.7 Å². The first-order valence-electron chi connectivity index (χ1n) is 11.6. The second-order valence-electron chi connectivity index (χ2n) is 9.62. The SMILES string of the molecule is COc1nc2c(c(N3CCN(C(=O)OC(C)(C)C)CC3)n1)CCCN(c1c(N)cccc1F)C2. The minimum Gasteiger partial charge on any atom is -0.467 e. The van der Waals surface area contributed by atoms with Crippen molar-refractivity contribution in [3.63, 3.8) is 0 Å². The summed E-state index contributed by atoms with van der Waals surface area (Å²) >= 11 is 0. The van der Waals surface area contributed by atoms with Gasteiger partial charge in [0.1, 0.15) is 17.2 Å². The number of halogens is 1. The number of rotatable bonds is 3. The van der Waals surface area contributed by atoms with Crippen LogP contribution in [0.5, 0.6) is 6.01 Å². The van der Waals surface area contributed by atoms with Gasteiger partial charge in [0.05, 0.1) is 30.7 Å². The van der Waals surface area contributed by atoms with E-state index in [1.165, 1.54) is 13.2 Å².